The molecule has 0 fully saturated rings. The van der Waals surface area contributed by atoms with Crippen molar-refractivity contribution >= 4 is 11.6 Å². The summed E-state index contributed by atoms with van der Waals surface area (Å²) < 4.78 is 10.2. The Kier molecular flexibility index (Phi) is 4.70. The summed E-state index contributed by atoms with van der Waals surface area (Å²) in [5, 5.41) is 11.5. The maximum Gasteiger partial charge on any atom is 0.279 e. The van der Waals surface area contributed by atoms with E-state index in [1.54, 1.807) is 30.3 Å². The molecule has 2 aromatic rings. The van der Waals surface area contributed by atoms with E-state index in [1.807, 2.05) is 0 Å². The van der Waals surface area contributed by atoms with Gasteiger partial charge in [0, 0.05) is 0 Å². The van der Waals surface area contributed by atoms with Crippen molar-refractivity contribution in [3.05, 3.63) is 63.7 Å². The van der Waals surface area contributed by atoms with E-state index in [-0.39, 0.29) is 17.1 Å². The van der Waals surface area contributed by atoms with Crippen LogP contribution in [0.15, 0.2) is 42.5 Å². The number of nitrogens with zero attached hydrogens (tertiary/aromatic N) is 1. The highest BCUT2D eigenvalue weighted by Crippen LogP contribution is 2.40. The molecule has 0 aliphatic heterocycles. The minimum absolute atomic E-state index is 0.0798. The highest BCUT2D eigenvalue weighted by Gasteiger charge is 2.42. The van der Waals surface area contributed by atoms with Gasteiger partial charge in [-0.3, -0.25) is 14.9 Å². The summed E-state index contributed by atoms with van der Waals surface area (Å²) in [5.41, 5.74) is 9.73. The number of carbonyl (C=O) groups excluding carboxylic acids is 1. The zero-order valence-corrected chi connectivity index (χ0v) is 13.2. The van der Waals surface area contributed by atoms with E-state index in [0.717, 1.165) is 6.07 Å². The largest absolute Gasteiger partial charge is 0.493 e. The van der Waals surface area contributed by atoms with E-state index in [9.17, 15) is 14.9 Å². The Morgan fingerprint density at radius 2 is 1.67 bits per heavy atom. The molecule has 0 bridgehead atoms. The number of amides is 1. The van der Waals surface area contributed by atoms with Gasteiger partial charge in [-0.25, -0.2) is 0 Å². The van der Waals surface area contributed by atoms with Crippen LogP contribution in [0.1, 0.15) is 11.1 Å². The van der Waals surface area contributed by atoms with Crippen LogP contribution >= 0.6 is 0 Å². The van der Waals surface area contributed by atoms with Gasteiger partial charge < -0.3 is 20.9 Å². The van der Waals surface area contributed by atoms with E-state index < -0.39 is 22.1 Å². The minimum Gasteiger partial charge on any atom is -0.493 e. The number of hydrogen-bond donors (Lipinski definition) is 2. The summed E-state index contributed by atoms with van der Waals surface area (Å²) in [6.07, 6.45) is 0. The summed E-state index contributed by atoms with van der Waals surface area (Å²) in [7, 11) is 2.72. The molecule has 0 spiro atoms. The standard InChI is InChI=1S/C16H17N3O5/c1-23-13-8-11(12(19(21)22)9-14(13)24-2)16(18,15(17)20)10-6-4-3-5-7-10/h3-9H,18H2,1-2H3,(H2,17,20). The third-order valence-electron chi connectivity index (χ3n) is 3.74. The molecule has 0 heterocycles. The molecule has 2 aromatic carbocycles. The smallest absolute Gasteiger partial charge is 0.279 e. The summed E-state index contributed by atoms with van der Waals surface area (Å²) >= 11 is 0. The van der Waals surface area contributed by atoms with Crippen LogP contribution in [0, 0.1) is 10.1 Å². The van der Waals surface area contributed by atoms with Crippen LogP contribution in [0.2, 0.25) is 0 Å². The molecule has 1 atom stereocenters. The van der Waals surface area contributed by atoms with Gasteiger partial charge in [-0.2, -0.15) is 0 Å². The number of ether oxygens (including phenoxy) is 2. The van der Waals surface area contributed by atoms with Crippen LogP contribution in [-0.4, -0.2) is 25.1 Å². The van der Waals surface area contributed by atoms with E-state index in [0.29, 0.717) is 5.56 Å². The molecule has 2 rings (SSSR count). The molecule has 1 amide bonds. The van der Waals surface area contributed by atoms with Crippen molar-refractivity contribution in [2.45, 2.75) is 5.54 Å². The Bertz CT molecular complexity index is 779. The second-order valence-corrected chi connectivity index (χ2v) is 5.02. The molecule has 0 radical (unpaired) electrons. The first-order valence-electron chi connectivity index (χ1n) is 6.91. The lowest BCUT2D eigenvalue weighted by atomic mass is 9.82. The first-order valence-corrected chi connectivity index (χ1v) is 6.91. The maximum absolute atomic E-state index is 12.2. The van der Waals surface area contributed by atoms with Gasteiger partial charge in [0.2, 0.25) is 5.91 Å². The van der Waals surface area contributed by atoms with Crippen LogP contribution in [0.4, 0.5) is 5.69 Å². The average Bonchev–Trinajstić information content (AvgIpc) is 2.60. The van der Waals surface area contributed by atoms with Crippen LogP contribution in [0.5, 0.6) is 11.5 Å². The zero-order chi connectivity index (χ0) is 17.9. The SMILES string of the molecule is COc1cc([N+](=O)[O-])c(C(N)(C(N)=O)c2ccccc2)cc1OC. The van der Waals surface area contributed by atoms with E-state index >= 15 is 0 Å². The van der Waals surface area contributed by atoms with Crippen LogP contribution in [-0.2, 0) is 10.3 Å². The summed E-state index contributed by atoms with van der Waals surface area (Å²) in [5.74, 6) is -0.582. The number of methoxy groups -OCH3 is 2. The molecule has 1 unspecified atom stereocenters. The first kappa shape index (κ1) is 17.2. The molecule has 0 aliphatic rings. The monoisotopic (exact) mass is 331 g/mol. The molecule has 0 aromatic heterocycles. The molecule has 126 valence electrons. The topological polar surface area (TPSA) is 131 Å². The Hall–Kier alpha value is -3.13. The van der Waals surface area contributed by atoms with Crippen molar-refractivity contribution in [1.82, 2.24) is 0 Å². The highest BCUT2D eigenvalue weighted by molar-refractivity contribution is 5.91. The molecular formula is C16H17N3O5. The Morgan fingerprint density at radius 1 is 1.12 bits per heavy atom. The molecule has 0 saturated heterocycles. The highest BCUT2D eigenvalue weighted by atomic mass is 16.6. The summed E-state index contributed by atoms with van der Waals surface area (Å²) in [4.78, 5) is 23.0. The minimum atomic E-state index is -1.90. The predicted molar refractivity (Wildman–Crippen MR) is 86.8 cm³/mol. The Labute approximate surface area is 138 Å². The van der Waals surface area contributed by atoms with Gasteiger partial charge in [-0.1, -0.05) is 30.3 Å². The van der Waals surface area contributed by atoms with E-state index in [2.05, 4.69) is 0 Å². The van der Waals surface area contributed by atoms with Crippen molar-refractivity contribution < 1.29 is 19.2 Å². The summed E-state index contributed by atoms with van der Waals surface area (Å²) in [6, 6.07) is 10.7. The number of hydrogen-bond acceptors (Lipinski definition) is 6. The number of primary amides is 1. The van der Waals surface area contributed by atoms with Crippen LogP contribution in [0.3, 0.4) is 0 Å². The third kappa shape index (κ3) is 2.74. The number of nitro benzene ring substituents is 1. The van der Waals surface area contributed by atoms with Crippen molar-refractivity contribution in [3.8, 4) is 11.5 Å². The van der Waals surface area contributed by atoms with Gasteiger partial charge in [0.1, 0.15) is 0 Å². The number of rotatable bonds is 6. The number of benzene rings is 2. The van der Waals surface area contributed by atoms with Gasteiger partial charge in [0.15, 0.2) is 17.0 Å². The van der Waals surface area contributed by atoms with Gasteiger partial charge in [0.25, 0.3) is 5.69 Å². The number of nitrogens with two attached hydrogens (primary N) is 2. The fourth-order valence-electron chi connectivity index (χ4n) is 2.47. The zero-order valence-electron chi connectivity index (χ0n) is 13.2. The lowest BCUT2D eigenvalue weighted by Gasteiger charge is -2.27. The lowest BCUT2D eigenvalue weighted by Crippen LogP contribution is -2.50. The van der Waals surface area contributed by atoms with Crippen LogP contribution in [0.25, 0.3) is 0 Å². The fourth-order valence-corrected chi connectivity index (χ4v) is 2.47. The normalized spacial score (nSPS) is 13.0. The molecule has 4 N–H and O–H groups in total. The van der Waals surface area contributed by atoms with Gasteiger partial charge in [0.05, 0.1) is 30.8 Å². The maximum atomic E-state index is 12.2. The van der Waals surface area contributed by atoms with Crippen LogP contribution < -0.4 is 20.9 Å². The molecule has 8 heteroatoms. The van der Waals surface area contributed by atoms with Gasteiger partial charge in [-0.15, -0.1) is 0 Å². The Balaban J connectivity index is 2.84. The number of carbonyl (C=O) groups is 1. The number of nitro groups is 1. The lowest BCUT2D eigenvalue weighted by molar-refractivity contribution is -0.386. The van der Waals surface area contributed by atoms with E-state index in [4.69, 9.17) is 20.9 Å². The molecule has 24 heavy (non-hydrogen) atoms. The van der Waals surface area contributed by atoms with Gasteiger partial charge in [-0.05, 0) is 11.6 Å². The van der Waals surface area contributed by atoms with Gasteiger partial charge >= 0.3 is 0 Å². The fraction of sp³-hybridized carbons (Fsp3) is 0.188. The van der Waals surface area contributed by atoms with Crippen molar-refractivity contribution in [3.63, 3.8) is 0 Å². The van der Waals surface area contributed by atoms with Crippen molar-refractivity contribution in [1.29, 1.82) is 0 Å². The average molecular weight is 331 g/mol. The van der Waals surface area contributed by atoms with Crippen molar-refractivity contribution in [2.24, 2.45) is 11.5 Å². The second-order valence-electron chi connectivity index (χ2n) is 5.02. The quantitative estimate of drug-likeness (QED) is 0.606. The molecule has 8 nitrogen and oxygen atoms in total. The molecule has 0 aliphatic carbocycles. The van der Waals surface area contributed by atoms with E-state index in [1.165, 1.54) is 20.3 Å². The molecular weight excluding hydrogens is 314 g/mol. The predicted octanol–water partition coefficient (Wildman–Crippen LogP) is 1.30. The second kappa shape index (κ2) is 6.55. The third-order valence-corrected chi connectivity index (χ3v) is 3.74. The molecule has 0 saturated carbocycles. The first-order chi connectivity index (χ1) is 11.4. The summed E-state index contributed by atoms with van der Waals surface area (Å²) in [6.45, 7) is 0. The Morgan fingerprint density at radius 3 is 2.12 bits per heavy atom. The van der Waals surface area contributed by atoms with Crippen molar-refractivity contribution in [2.75, 3.05) is 14.2 Å².